The maximum atomic E-state index is 13.0. The first kappa shape index (κ1) is 25.0. The van der Waals surface area contributed by atoms with E-state index in [1.165, 1.54) is 24.3 Å². The SMILES string of the molecule is CON(C)C(=O)c1cn(CCCN2CCC(Oc3ccc(F)cc3)CC2)c2ccccc12.Cl. The van der Waals surface area contributed by atoms with Gasteiger partial charge in [-0.25, -0.2) is 9.45 Å². The fraction of sp³-hybridized carbons (Fsp3) is 0.400. The zero-order valence-corrected chi connectivity index (χ0v) is 19.9. The summed E-state index contributed by atoms with van der Waals surface area (Å²) >= 11 is 0. The van der Waals surface area contributed by atoms with Crippen molar-refractivity contribution in [3.05, 3.63) is 66.1 Å². The summed E-state index contributed by atoms with van der Waals surface area (Å²) in [4.78, 5) is 20.2. The molecule has 0 spiro atoms. The van der Waals surface area contributed by atoms with E-state index in [2.05, 4.69) is 15.5 Å². The lowest BCUT2D eigenvalue weighted by molar-refractivity contribution is -0.0755. The van der Waals surface area contributed by atoms with Gasteiger partial charge in [0.05, 0.1) is 12.7 Å². The second-order valence-corrected chi connectivity index (χ2v) is 8.20. The number of ether oxygens (including phenoxy) is 1. The number of carbonyl (C=O) groups excluding carboxylic acids is 1. The highest BCUT2D eigenvalue weighted by Gasteiger charge is 2.21. The largest absolute Gasteiger partial charge is 0.490 e. The third-order valence-electron chi connectivity index (χ3n) is 6.10. The fourth-order valence-corrected chi connectivity index (χ4v) is 4.28. The smallest absolute Gasteiger partial charge is 0.279 e. The highest BCUT2D eigenvalue weighted by molar-refractivity contribution is 6.06. The van der Waals surface area contributed by atoms with Crippen molar-refractivity contribution >= 4 is 29.2 Å². The molecule has 178 valence electrons. The Bertz CT molecular complexity index is 1050. The van der Waals surface area contributed by atoms with E-state index >= 15 is 0 Å². The van der Waals surface area contributed by atoms with Crippen LogP contribution in [0.3, 0.4) is 0 Å². The van der Waals surface area contributed by atoms with E-state index in [9.17, 15) is 9.18 Å². The number of amides is 1. The summed E-state index contributed by atoms with van der Waals surface area (Å²) < 4.78 is 21.2. The highest BCUT2D eigenvalue weighted by Crippen LogP contribution is 2.24. The lowest BCUT2D eigenvalue weighted by Crippen LogP contribution is -2.38. The molecule has 1 aromatic heterocycles. The summed E-state index contributed by atoms with van der Waals surface area (Å²) in [6.45, 7) is 3.81. The van der Waals surface area contributed by atoms with Gasteiger partial charge < -0.3 is 14.2 Å². The van der Waals surface area contributed by atoms with E-state index in [1.807, 2.05) is 24.4 Å². The summed E-state index contributed by atoms with van der Waals surface area (Å²) in [6, 6.07) is 14.2. The number of para-hydroxylation sites is 1. The van der Waals surface area contributed by atoms with Crippen molar-refractivity contribution in [2.24, 2.45) is 0 Å². The molecule has 4 rings (SSSR count). The second-order valence-electron chi connectivity index (χ2n) is 8.20. The molecule has 3 aromatic rings. The molecule has 1 aliphatic heterocycles. The molecule has 0 atom stereocenters. The molecule has 1 fully saturated rings. The van der Waals surface area contributed by atoms with Crippen LogP contribution in [0.2, 0.25) is 0 Å². The van der Waals surface area contributed by atoms with E-state index in [0.717, 1.165) is 62.1 Å². The van der Waals surface area contributed by atoms with Gasteiger partial charge in [-0.15, -0.1) is 12.4 Å². The lowest BCUT2D eigenvalue weighted by atomic mass is 10.1. The topological polar surface area (TPSA) is 46.9 Å². The zero-order chi connectivity index (χ0) is 22.5. The number of hydrogen-bond acceptors (Lipinski definition) is 4. The van der Waals surface area contributed by atoms with E-state index < -0.39 is 0 Å². The number of aryl methyl sites for hydroxylation is 1. The van der Waals surface area contributed by atoms with Crippen LogP contribution in [0.25, 0.3) is 10.9 Å². The monoisotopic (exact) mass is 475 g/mol. The molecule has 2 heterocycles. The molecule has 0 N–H and O–H groups in total. The summed E-state index contributed by atoms with van der Waals surface area (Å²) in [7, 11) is 3.11. The van der Waals surface area contributed by atoms with Gasteiger partial charge in [-0.1, -0.05) is 18.2 Å². The molecule has 0 unspecified atom stereocenters. The Balaban J connectivity index is 0.00000306. The number of rotatable bonds is 8. The number of hydrogen-bond donors (Lipinski definition) is 0. The molecular weight excluding hydrogens is 445 g/mol. The van der Waals surface area contributed by atoms with Crippen LogP contribution < -0.4 is 4.74 Å². The molecular formula is C25H31ClFN3O3. The number of benzene rings is 2. The molecule has 6 nitrogen and oxygen atoms in total. The number of hydroxylamine groups is 2. The molecule has 0 radical (unpaired) electrons. The average Bonchev–Trinajstić information content (AvgIpc) is 3.19. The molecule has 0 aliphatic carbocycles. The Morgan fingerprint density at radius 2 is 1.79 bits per heavy atom. The van der Waals surface area contributed by atoms with Crippen LogP contribution in [-0.2, 0) is 11.4 Å². The van der Waals surface area contributed by atoms with Gasteiger partial charge in [0.2, 0.25) is 0 Å². The standard InChI is InChI=1S/C25H30FN3O3.ClH/c1-27(31-2)25(30)23-18-29(24-7-4-3-6-22(23)24)15-5-14-28-16-12-21(13-17-28)32-20-10-8-19(26)9-11-20;/h3-4,6-11,18,21H,5,12-17H2,1-2H3;1H. The third kappa shape index (κ3) is 6.05. The van der Waals surface area contributed by atoms with Crippen LogP contribution in [0.4, 0.5) is 4.39 Å². The van der Waals surface area contributed by atoms with Crippen molar-refractivity contribution in [3.8, 4) is 5.75 Å². The highest BCUT2D eigenvalue weighted by atomic mass is 35.5. The molecule has 8 heteroatoms. The third-order valence-corrected chi connectivity index (χ3v) is 6.10. The van der Waals surface area contributed by atoms with Crippen LogP contribution in [0.5, 0.6) is 5.75 Å². The Morgan fingerprint density at radius 1 is 1.09 bits per heavy atom. The molecule has 1 saturated heterocycles. The number of fused-ring (bicyclic) bond motifs is 1. The predicted octanol–water partition coefficient (Wildman–Crippen LogP) is 4.77. The summed E-state index contributed by atoms with van der Waals surface area (Å²) in [5, 5.41) is 2.20. The van der Waals surface area contributed by atoms with Gasteiger partial charge in [0.25, 0.3) is 5.91 Å². The van der Waals surface area contributed by atoms with Gasteiger partial charge in [-0.2, -0.15) is 0 Å². The molecule has 1 aliphatic rings. The zero-order valence-electron chi connectivity index (χ0n) is 19.1. The van der Waals surface area contributed by atoms with Gasteiger partial charge in [-0.05, 0) is 56.1 Å². The minimum atomic E-state index is -0.246. The molecule has 33 heavy (non-hydrogen) atoms. The Kier molecular flexibility index (Phi) is 8.72. The molecule has 1 amide bonds. The molecule has 0 bridgehead atoms. The van der Waals surface area contributed by atoms with Crippen molar-refractivity contribution in [3.63, 3.8) is 0 Å². The van der Waals surface area contributed by atoms with Crippen LogP contribution in [0.15, 0.2) is 54.7 Å². The lowest BCUT2D eigenvalue weighted by Gasteiger charge is -2.32. The Labute approximate surface area is 200 Å². The Hall–Kier alpha value is -2.61. The number of halogens is 2. The number of likely N-dealkylation sites (tertiary alicyclic amines) is 1. The first-order valence-corrected chi connectivity index (χ1v) is 11.1. The van der Waals surface area contributed by atoms with Gasteiger partial charge in [0.15, 0.2) is 0 Å². The van der Waals surface area contributed by atoms with E-state index in [-0.39, 0.29) is 30.2 Å². The molecule has 2 aromatic carbocycles. The fourth-order valence-electron chi connectivity index (χ4n) is 4.28. The van der Waals surface area contributed by atoms with E-state index in [4.69, 9.17) is 9.57 Å². The van der Waals surface area contributed by atoms with Crippen LogP contribution in [0, 0.1) is 5.82 Å². The van der Waals surface area contributed by atoms with Gasteiger partial charge >= 0.3 is 0 Å². The Morgan fingerprint density at radius 3 is 2.48 bits per heavy atom. The van der Waals surface area contributed by atoms with Crippen LogP contribution in [-0.4, -0.2) is 60.3 Å². The first-order chi connectivity index (χ1) is 15.5. The van der Waals surface area contributed by atoms with Crippen molar-refractivity contribution in [1.29, 1.82) is 0 Å². The normalized spacial score (nSPS) is 14.8. The van der Waals surface area contributed by atoms with Crippen molar-refractivity contribution in [1.82, 2.24) is 14.5 Å². The number of carbonyl (C=O) groups is 1. The first-order valence-electron chi connectivity index (χ1n) is 11.1. The second kappa shape index (κ2) is 11.5. The van der Waals surface area contributed by atoms with E-state index in [1.54, 1.807) is 19.2 Å². The van der Waals surface area contributed by atoms with E-state index in [0.29, 0.717) is 5.56 Å². The van der Waals surface area contributed by atoms with Gasteiger partial charge in [-0.3, -0.25) is 9.63 Å². The maximum Gasteiger partial charge on any atom is 0.279 e. The van der Waals surface area contributed by atoms with Crippen molar-refractivity contribution in [2.45, 2.75) is 31.9 Å². The van der Waals surface area contributed by atoms with Gasteiger partial charge in [0, 0.05) is 43.8 Å². The van der Waals surface area contributed by atoms with Crippen molar-refractivity contribution < 1.29 is 18.8 Å². The quantitative estimate of drug-likeness (QED) is 0.440. The molecule has 0 saturated carbocycles. The predicted molar refractivity (Wildman–Crippen MR) is 129 cm³/mol. The maximum absolute atomic E-state index is 13.0. The van der Waals surface area contributed by atoms with Crippen molar-refractivity contribution in [2.75, 3.05) is 33.8 Å². The summed E-state index contributed by atoms with van der Waals surface area (Å²) in [5.74, 6) is 0.337. The van der Waals surface area contributed by atoms with Crippen LogP contribution >= 0.6 is 12.4 Å². The minimum Gasteiger partial charge on any atom is -0.490 e. The van der Waals surface area contributed by atoms with Gasteiger partial charge in [0.1, 0.15) is 17.7 Å². The summed E-state index contributed by atoms with van der Waals surface area (Å²) in [5.41, 5.74) is 1.72. The number of nitrogens with zero attached hydrogens (tertiary/aromatic N) is 3. The summed E-state index contributed by atoms with van der Waals surface area (Å²) in [6.07, 6.45) is 5.04. The van der Waals surface area contributed by atoms with Crippen LogP contribution in [0.1, 0.15) is 29.6 Å². The minimum absolute atomic E-state index is 0. The number of aromatic nitrogens is 1. The average molecular weight is 476 g/mol. The number of piperidine rings is 1.